The molecule has 2 rings (SSSR count). The van der Waals surface area contributed by atoms with Gasteiger partial charge in [-0.2, -0.15) is 0 Å². The Balaban J connectivity index is 2.13. The van der Waals surface area contributed by atoms with Crippen LogP contribution in [0.4, 0.5) is 0 Å². The molecule has 0 spiro atoms. The fourth-order valence-electron chi connectivity index (χ4n) is 1.95. The molecule has 1 aromatic heterocycles. The first-order chi connectivity index (χ1) is 7.22. The van der Waals surface area contributed by atoms with Crippen molar-refractivity contribution < 1.29 is 9.32 Å². The lowest BCUT2D eigenvalue weighted by atomic mass is 10.2. The van der Waals surface area contributed by atoms with Crippen molar-refractivity contribution in [1.29, 1.82) is 0 Å². The number of amides is 1. The summed E-state index contributed by atoms with van der Waals surface area (Å²) in [5.41, 5.74) is 6.33. The molecule has 0 aromatic carbocycles. The zero-order chi connectivity index (χ0) is 10.8. The number of carbonyl (C=O) groups is 1. The molecule has 1 amide bonds. The number of aromatic nitrogens is 1. The largest absolute Gasteiger partial charge is 0.351 e. The minimum absolute atomic E-state index is 0.0939. The van der Waals surface area contributed by atoms with E-state index >= 15 is 0 Å². The fourth-order valence-corrected chi connectivity index (χ4v) is 1.95. The van der Waals surface area contributed by atoms with Crippen LogP contribution in [0.3, 0.4) is 0 Å². The molecular weight excluding hydrogens is 194 g/mol. The zero-order valence-electron chi connectivity index (χ0n) is 8.77. The zero-order valence-corrected chi connectivity index (χ0v) is 8.77. The van der Waals surface area contributed by atoms with E-state index < -0.39 is 0 Å². The summed E-state index contributed by atoms with van der Waals surface area (Å²) in [5.74, 6) is 0.219. The van der Waals surface area contributed by atoms with E-state index in [-0.39, 0.29) is 11.9 Å². The van der Waals surface area contributed by atoms with Crippen molar-refractivity contribution in [2.24, 2.45) is 5.73 Å². The third-order valence-electron chi connectivity index (χ3n) is 2.75. The molecule has 0 radical (unpaired) electrons. The van der Waals surface area contributed by atoms with Gasteiger partial charge in [0.2, 0.25) is 5.76 Å². The van der Waals surface area contributed by atoms with Crippen molar-refractivity contribution in [2.75, 3.05) is 13.1 Å². The van der Waals surface area contributed by atoms with Gasteiger partial charge < -0.3 is 15.2 Å². The van der Waals surface area contributed by atoms with Gasteiger partial charge in [-0.15, -0.1) is 0 Å². The summed E-state index contributed by atoms with van der Waals surface area (Å²) in [7, 11) is 0. The van der Waals surface area contributed by atoms with Gasteiger partial charge in [0, 0.05) is 25.2 Å². The average molecular weight is 209 g/mol. The summed E-state index contributed by atoms with van der Waals surface area (Å²) in [6.07, 6.45) is 2.00. The van der Waals surface area contributed by atoms with E-state index in [0.29, 0.717) is 12.3 Å². The maximum Gasteiger partial charge on any atom is 0.292 e. The van der Waals surface area contributed by atoms with Gasteiger partial charge in [-0.3, -0.25) is 4.79 Å². The van der Waals surface area contributed by atoms with Crippen LogP contribution in [-0.4, -0.2) is 35.1 Å². The van der Waals surface area contributed by atoms with E-state index in [9.17, 15) is 4.79 Å². The highest BCUT2D eigenvalue weighted by molar-refractivity contribution is 5.91. The number of nitrogens with two attached hydrogens (primary N) is 1. The molecule has 0 aliphatic carbocycles. The summed E-state index contributed by atoms with van der Waals surface area (Å²) in [4.78, 5) is 13.7. The first-order valence-electron chi connectivity index (χ1n) is 5.16. The van der Waals surface area contributed by atoms with Crippen molar-refractivity contribution in [1.82, 2.24) is 10.1 Å². The lowest BCUT2D eigenvalue weighted by molar-refractivity contribution is 0.0699. The first-order valence-corrected chi connectivity index (χ1v) is 5.16. The second-order valence-electron chi connectivity index (χ2n) is 3.86. The molecule has 1 aromatic rings. The van der Waals surface area contributed by atoms with E-state index in [1.54, 1.807) is 17.9 Å². The summed E-state index contributed by atoms with van der Waals surface area (Å²) >= 11 is 0. The van der Waals surface area contributed by atoms with Crippen LogP contribution in [-0.2, 0) is 0 Å². The van der Waals surface area contributed by atoms with Crippen molar-refractivity contribution >= 4 is 5.91 Å². The van der Waals surface area contributed by atoms with E-state index in [2.05, 4.69) is 5.16 Å². The summed E-state index contributed by atoms with van der Waals surface area (Å²) < 4.78 is 4.95. The van der Waals surface area contributed by atoms with Crippen molar-refractivity contribution in [2.45, 2.75) is 25.8 Å². The highest BCUT2D eigenvalue weighted by atomic mass is 16.5. The number of carbonyl (C=O) groups excluding carboxylic acids is 1. The SMILES string of the molecule is Cc1cc(C(=O)N2CCCC2CN)on1. The van der Waals surface area contributed by atoms with Gasteiger partial charge in [0.15, 0.2) is 0 Å². The Hall–Kier alpha value is -1.36. The minimum Gasteiger partial charge on any atom is -0.351 e. The normalized spacial score (nSPS) is 20.9. The predicted octanol–water partition coefficient (Wildman–Crippen LogP) is 0.546. The lowest BCUT2D eigenvalue weighted by Gasteiger charge is -2.21. The fraction of sp³-hybridized carbons (Fsp3) is 0.600. The van der Waals surface area contributed by atoms with Crippen LogP contribution in [0, 0.1) is 6.92 Å². The molecule has 5 nitrogen and oxygen atoms in total. The van der Waals surface area contributed by atoms with E-state index in [1.807, 2.05) is 0 Å². The monoisotopic (exact) mass is 209 g/mol. The molecule has 0 bridgehead atoms. The van der Waals surface area contributed by atoms with Crippen molar-refractivity contribution in [3.05, 3.63) is 17.5 Å². The lowest BCUT2D eigenvalue weighted by Crippen LogP contribution is -2.39. The van der Waals surface area contributed by atoms with Gasteiger partial charge in [0.1, 0.15) is 0 Å². The Labute approximate surface area is 88.2 Å². The Morgan fingerprint density at radius 3 is 3.20 bits per heavy atom. The molecule has 1 saturated heterocycles. The summed E-state index contributed by atoms with van der Waals surface area (Å²) in [6.45, 7) is 3.07. The smallest absolute Gasteiger partial charge is 0.292 e. The number of nitrogens with zero attached hydrogens (tertiary/aromatic N) is 2. The molecule has 1 aliphatic rings. The second-order valence-corrected chi connectivity index (χ2v) is 3.86. The molecule has 5 heteroatoms. The maximum absolute atomic E-state index is 12.0. The van der Waals surface area contributed by atoms with Crippen LogP contribution >= 0.6 is 0 Å². The predicted molar refractivity (Wildman–Crippen MR) is 54.4 cm³/mol. The number of hydrogen-bond donors (Lipinski definition) is 1. The highest BCUT2D eigenvalue weighted by Gasteiger charge is 2.30. The van der Waals surface area contributed by atoms with Crippen LogP contribution in [0.2, 0.25) is 0 Å². The number of hydrogen-bond acceptors (Lipinski definition) is 4. The Morgan fingerprint density at radius 1 is 1.80 bits per heavy atom. The van der Waals surface area contributed by atoms with E-state index in [1.165, 1.54) is 0 Å². The van der Waals surface area contributed by atoms with Gasteiger partial charge >= 0.3 is 0 Å². The topological polar surface area (TPSA) is 72.4 Å². The molecule has 1 aliphatic heterocycles. The molecule has 82 valence electrons. The molecular formula is C10H15N3O2. The van der Waals surface area contributed by atoms with E-state index in [4.69, 9.17) is 10.3 Å². The van der Waals surface area contributed by atoms with Gasteiger partial charge in [0.05, 0.1) is 5.69 Å². The van der Waals surface area contributed by atoms with Crippen LogP contribution in [0.15, 0.2) is 10.6 Å². The average Bonchev–Trinajstić information content (AvgIpc) is 2.84. The van der Waals surface area contributed by atoms with Crippen LogP contribution in [0.5, 0.6) is 0 Å². The second kappa shape index (κ2) is 4.02. The third-order valence-corrected chi connectivity index (χ3v) is 2.75. The highest BCUT2D eigenvalue weighted by Crippen LogP contribution is 2.19. The molecule has 1 atom stereocenters. The number of rotatable bonds is 2. The van der Waals surface area contributed by atoms with Crippen LogP contribution in [0.25, 0.3) is 0 Å². The standard InChI is InChI=1S/C10H15N3O2/c1-7-5-9(15-12-7)10(14)13-4-2-3-8(13)6-11/h5,8H,2-4,6,11H2,1H3. The van der Waals surface area contributed by atoms with Gasteiger partial charge in [-0.25, -0.2) is 0 Å². The Kier molecular flexibility index (Phi) is 2.73. The molecule has 0 saturated carbocycles. The van der Waals surface area contributed by atoms with Crippen molar-refractivity contribution in [3.8, 4) is 0 Å². The first kappa shape index (κ1) is 10.2. The molecule has 15 heavy (non-hydrogen) atoms. The molecule has 2 heterocycles. The molecule has 2 N–H and O–H groups in total. The third kappa shape index (κ3) is 1.87. The quantitative estimate of drug-likeness (QED) is 0.771. The summed E-state index contributed by atoms with van der Waals surface area (Å²) in [5, 5.41) is 3.71. The Bertz CT molecular complexity index is 361. The Morgan fingerprint density at radius 2 is 2.60 bits per heavy atom. The number of aryl methyl sites for hydroxylation is 1. The maximum atomic E-state index is 12.0. The van der Waals surface area contributed by atoms with Gasteiger partial charge in [-0.1, -0.05) is 5.16 Å². The van der Waals surface area contributed by atoms with Gasteiger partial charge in [-0.05, 0) is 19.8 Å². The molecule has 1 unspecified atom stereocenters. The van der Waals surface area contributed by atoms with Crippen molar-refractivity contribution in [3.63, 3.8) is 0 Å². The van der Waals surface area contributed by atoms with E-state index in [0.717, 1.165) is 25.1 Å². The molecule has 1 fully saturated rings. The van der Waals surface area contributed by atoms with Gasteiger partial charge in [0.25, 0.3) is 5.91 Å². The summed E-state index contributed by atoms with van der Waals surface area (Å²) in [6, 6.07) is 1.82. The number of likely N-dealkylation sites (tertiary alicyclic amines) is 1. The van der Waals surface area contributed by atoms with Crippen LogP contribution < -0.4 is 5.73 Å². The minimum atomic E-state index is -0.0939. The van der Waals surface area contributed by atoms with Crippen LogP contribution in [0.1, 0.15) is 29.1 Å².